The molecule has 0 saturated carbocycles. The molecule has 3 rings (SSSR count). The van der Waals surface area contributed by atoms with Crippen molar-refractivity contribution in [3.8, 4) is 11.4 Å². The predicted molar refractivity (Wildman–Crippen MR) is 73.2 cm³/mol. The normalized spacial score (nSPS) is 10.9. The van der Waals surface area contributed by atoms with E-state index in [2.05, 4.69) is 19.9 Å². The third kappa shape index (κ3) is 1.84. The number of anilines is 3. The van der Waals surface area contributed by atoms with Crippen LogP contribution in [-0.2, 0) is 0 Å². The highest BCUT2D eigenvalue weighted by atomic mass is 16.1. The number of hydrogen-bond donors (Lipinski definition) is 5. The molecule has 2 heterocycles. The zero-order valence-corrected chi connectivity index (χ0v) is 9.77. The maximum atomic E-state index is 11.7. The van der Waals surface area contributed by atoms with E-state index in [9.17, 15) is 4.79 Å². The summed E-state index contributed by atoms with van der Waals surface area (Å²) in [5, 5.41) is 0. The molecule has 96 valence electrons. The molecule has 0 radical (unpaired) electrons. The summed E-state index contributed by atoms with van der Waals surface area (Å²) in [5.41, 5.74) is 18.7. The van der Waals surface area contributed by atoms with Crippen LogP contribution in [0.4, 0.5) is 17.3 Å². The Labute approximate surface area is 106 Å². The number of nitrogen functional groups attached to an aromatic ring is 3. The zero-order chi connectivity index (χ0) is 13.6. The second-order valence-corrected chi connectivity index (χ2v) is 4.12. The molecule has 0 fully saturated rings. The lowest BCUT2D eigenvalue weighted by Crippen LogP contribution is -2.10. The molecular formula is C11H11N7O. The van der Waals surface area contributed by atoms with Crippen LogP contribution >= 0.6 is 0 Å². The number of hydrogen-bond acceptors (Lipinski definition) is 6. The van der Waals surface area contributed by atoms with Crippen LogP contribution in [0.15, 0.2) is 23.0 Å². The number of imidazole rings is 1. The van der Waals surface area contributed by atoms with E-state index in [-0.39, 0.29) is 22.7 Å². The molecular weight excluding hydrogens is 246 g/mol. The van der Waals surface area contributed by atoms with E-state index < -0.39 is 0 Å². The van der Waals surface area contributed by atoms with Gasteiger partial charge in [0.05, 0.1) is 0 Å². The lowest BCUT2D eigenvalue weighted by atomic mass is 10.1. The number of nitrogens with one attached hydrogen (secondary N) is 2. The molecule has 19 heavy (non-hydrogen) atoms. The monoisotopic (exact) mass is 257 g/mol. The molecule has 0 atom stereocenters. The summed E-state index contributed by atoms with van der Waals surface area (Å²) in [7, 11) is 0. The summed E-state index contributed by atoms with van der Waals surface area (Å²) in [6, 6.07) is 5.03. The van der Waals surface area contributed by atoms with Crippen LogP contribution in [0, 0.1) is 0 Å². The van der Waals surface area contributed by atoms with Crippen molar-refractivity contribution in [2.75, 3.05) is 17.2 Å². The second-order valence-electron chi connectivity index (χ2n) is 4.12. The molecule has 8 nitrogen and oxygen atoms in total. The molecule has 8 N–H and O–H groups in total. The Balaban J connectivity index is 2.26. The summed E-state index contributed by atoms with van der Waals surface area (Å²) in [5.74, 6) is 0.472. The van der Waals surface area contributed by atoms with Gasteiger partial charge in [-0.3, -0.25) is 9.78 Å². The van der Waals surface area contributed by atoms with Gasteiger partial charge in [-0.05, 0) is 18.2 Å². The largest absolute Gasteiger partial charge is 0.399 e. The van der Waals surface area contributed by atoms with Crippen molar-refractivity contribution in [3.05, 3.63) is 28.6 Å². The number of nitrogens with zero attached hydrogens (tertiary/aromatic N) is 2. The SMILES string of the molecule is Nc1cc(N)cc(-c2nc3nc(N)[nH]c(=O)c3[nH]2)c1. The fourth-order valence-electron chi connectivity index (χ4n) is 1.87. The first-order chi connectivity index (χ1) is 9.02. The summed E-state index contributed by atoms with van der Waals surface area (Å²) < 4.78 is 0. The Morgan fingerprint density at radius 3 is 2.32 bits per heavy atom. The van der Waals surface area contributed by atoms with E-state index in [1.807, 2.05) is 0 Å². The van der Waals surface area contributed by atoms with Crippen molar-refractivity contribution in [2.24, 2.45) is 0 Å². The van der Waals surface area contributed by atoms with Crippen molar-refractivity contribution in [3.63, 3.8) is 0 Å². The van der Waals surface area contributed by atoms with E-state index in [1.54, 1.807) is 18.2 Å². The van der Waals surface area contributed by atoms with Crippen molar-refractivity contribution in [1.29, 1.82) is 0 Å². The average molecular weight is 257 g/mol. The maximum absolute atomic E-state index is 11.7. The van der Waals surface area contributed by atoms with Gasteiger partial charge in [0.2, 0.25) is 5.95 Å². The molecule has 2 aromatic heterocycles. The van der Waals surface area contributed by atoms with Crippen LogP contribution in [0.2, 0.25) is 0 Å². The Kier molecular flexibility index (Phi) is 2.18. The van der Waals surface area contributed by atoms with E-state index >= 15 is 0 Å². The smallest absolute Gasteiger partial charge is 0.278 e. The highest BCUT2D eigenvalue weighted by molar-refractivity contribution is 5.77. The summed E-state index contributed by atoms with van der Waals surface area (Å²) in [6.45, 7) is 0. The number of rotatable bonds is 1. The molecule has 3 aromatic rings. The molecule has 0 unspecified atom stereocenters. The Morgan fingerprint density at radius 2 is 1.63 bits per heavy atom. The van der Waals surface area contributed by atoms with Gasteiger partial charge in [-0.1, -0.05) is 0 Å². The van der Waals surface area contributed by atoms with E-state index in [0.29, 0.717) is 22.8 Å². The second kappa shape index (κ2) is 3.73. The molecule has 0 aliphatic carbocycles. The van der Waals surface area contributed by atoms with Gasteiger partial charge < -0.3 is 22.2 Å². The van der Waals surface area contributed by atoms with E-state index in [1.165, 1.54) is 0 Å². The molecule has 1 aromatic carbocycles. The average Bonchev–Trinajstić information content (AvgIpc) is 2.71. The number of fused-ring (bicyclic) bond motifs is 1. The fraction of sp³-hybridized carbons (Fsp3) is 0. The van der Waals surface area contributed by atoms with Gasteiger partial charge in [0.25, 0.3) is 5.56 Å². The number of aromatic nitrogens is 4. The minimum Gasteiger partial charge on any atom is -0.399 e. The lowest BCUT2D eigenvalue weighted by Gasteiger charge is -2.01. The number of benzene rings is 1. The van der Waals surface area contributed by atoms with Crippen LogP contribution in [-0.4, -0.2) is 19.9 Å². The number of aromatic amines is 2. The van der Waals surface area contributed by atoms with Gasteiger partial charge in [0.15, 0.2) is 11.2 Å². The maximum Gasteiger partial charge on any atom is 0.278 e. The minimum absolute atomic E-state index is 0.0163. The van der Waals surface area contributed by atoms with Gasteiger partial charge in [0, 0.05) is 16.9 Å². The Bertz CT molecular complexity index is 812. The van der Waals surface area contributed by atoms with Crippen LogP contribution in [0.25, 0.3) is 22.6 Å². The molecule has 0 saturated heterocycles. The molecule has 0 aliphatic rings. The Morgan fingerprint density at radius 1 is 0.947 bits per heavy atom. The van der Waals surface area contributed by atoms with Gasteiger partial charge in [-0.15, -0.1) is 0 Å². The zero-order valence-electron chi connectivity index (χ0n) is 9.77. The molecule has 0 spiro atoms. The third-order valence-corrected chi connectivity index (χ3v) is 2.63. The van der Waals surface area contributed by atoms with Crippen molar-refractivity contribution >= 4 is 28.5 Å². The van der Waals surface area contributed by atoms with Gasteiger partial charge >= 0.3 is 0 Å². The standard InChI is InChI=1S/C11H11N7O/c12-5-1-4(2-6(13)3-5)8-15-7-9(16-8)17-11(14)18-10(7)19/h1-3H,12-13H2,(H4,14,15,16,17,18,19). The third-order valence-electron chi connectivity index (χ3n) is 2.63. The molecule has 0 bridgehead atoms. The van der Waals surface area contributed by atoms with Crippen molar-refractivity contribution < 1.29 is 0 Å². The highest BCUT2D eigenvalue weighted by Crippen LogP contribution is 2.23. The van der Waals surface area contributed by atoms with Crippen LogP contribution in [0.3, 0.4) is 0 Å². The van der Waals surface area contributed by atoms with E-state index in [4.69, 9.17) is 17.2 Å². The quantitative estimate of drug-likeness (QED) is 0.388. The lowest BCUT2D eigenvalue weighted by molar-refractivity contribution is 1.17. The van der Waals surface area contributed by atoms with Gasteiger partial charge in [-0.2, -0.15) is 4.98 Å². The first-order valence-electron chi connectivity index (χ1n) is 5.45. The molecule has 8 heteroatoms. The Hall–Kier alpha value is -3.03. The predicted octanol–water partition coefficient (Wildman–Crippen LogP) is 0.0598. The topological polar surface area (TPSA) is 152 Å². The summed E-state index contributed by atoms with van der Waals surface area (Å²) in [4.78, 5) is 25.1. The fourth-order valence-corrected chi connectivity index (χ4v) is 1.87. The van der Waals surface area contributed by atoms with Crippen LogP contribution in [0.1, 0.15) is 0 Å². The van der Waals surface area contributed by atoms with E-state index in [0.717, 1.165) is 0 Å². The summed E-state index contributed by atoms with van der Waals surface area (Å²) in [6.07, 6.45) is 0. The first-order valence-corrected chi connectivity index (χ1v) is 5.45. The van der Waals surface area contributed by atoms with Crippen LogP contribution in [0.5, 0.6) is 0 Å². The number of H-pyrrole nitrogens is 2. The highest BCUT2D eigenvalue weighted by Gasteiger charge is 2.10. The molecule has 0 aliphatic heterocycles. The van der Waals surface area contributed by atoms with Crippen LogP contribution < -0.4 is 22.8 Å². The number of nitrogens with two attached hydrogens (primary N) is 3. The minimum atomic E-state index is -0.377. The first kappa shape index (κ1) is 11.1. The summed E-state index contributed by atoms with van der Waals surface area (Å²) >= 11 is 0. The van der Waals surface area contributed by atoms with Crippen molar-refractivity contribution in [2.45, 2.75) is 0 Å². The van der Waals surface area contributed by atoms with Gasteiger partial charge in [-0.25, -0.2) is 4.98 Å². The molecule has 0 amide bonds. The van der Waals surface area contributed by atoms with Crippen molar-refractivity contribution in [1.82, 2.24) is 19.9 Å². The van der Waals surface area contributed by atoms with Gasteiger partial charge in [0.1, 0.15) is 5.82 Å².